The molecule has 1 aliphatic heterocycles. The molecule has 1 aromatic rings. The molecule has 1 aliphatic rings. The van der Waals surface area contributed by atoms with Crippen LogP contribution >= 0.6 is 0 Å². The van der Waals surface area contributed by atoms with Crippen LogP contribution in [0.25, 0.3) is 0 Å². The lowest BCUT2D eigenvalue weighted by Gasteiger charge is -1.84. The molecule has 0 unspecified atom stereocenters. The standard InChI is InChI=1S/C5H7N3/c1-2-6-5-4(1)7-3-8-5/h3,6H,1-2H2,(H,7,8). The maximum Gasteiger partial charge on any atom is 0.147 e. The van der Waals surface area contributed by atoms with E-state index >= 15 is 0 Å². The van der Waals surface area contributed by atoms with Gasteiger partial charge in [-0.05, 0) is 0 Å². The maximum atomic E-state index is 4.03. The number of H-pyrrole nitrogens is 1. The minimum absolute atomic E-state index is 1.03. The molecule has 0 fully saturated rings. The zero-order chi connectivity index (χ0) is 5.40. The highest BCUT2D eigenvalue weighted by atomic mass is 15.1. The molecule has 0 saturated carbocycles. The Morgan fingerprint density at radius 3 is 3.50 bits per heavy atom. The summed E-state index contributed by atoms with van der Waals surface area (Å²) in [6, 6.07) is 0. The Hall–Kier alpha value is -0.990. The third-order valence-corrected chi connectivity index (χ3v) is 1.39. The van der Waals surface area contributed by atoms with Gasteiger partial charge in [0, 0.05) is 13.0 Å². The van der Waals surface area contributed by atoms with E-state index in [9.17, 15) is 0 Å². The molecule has 2 N–H and O–H groups in total. The Morgan fingerprint density at radius 2 is 2.62 bits per heavy atom. The summed E-state index contributed by atoms with van der Waals surface area (Å²) in [5.41, 5.74) is 1.24. The number of hydrogen-bond donors (Lipinski definition) is 2. The molecule has 8 heavy (non-hydrogen) atoms. The van der Waals surface area contributed by atoms with Crippen LogP contribution in [0.3, 0.4) is 0 Å². The summed E-state index contributed by atoms with van der Waals surface area (Å²) >= 11 is 0. The molecular formula is C5H7N3. The van der Waals surface area contributed by atoms with Gasteiger partial charge < -0.3 is 10.3 Å². The van der Waals surface area contributed by atoms with Gasteiger partial charge in [0.25, 0.3) is 0 Å². The van der Waals surface area contributed by atoms with E-state index in [2.05, 4.69) is 15.3 Å². The molecule has 42 valence electrons. The van der Waals surface area contributed by atoms with E-state index in [1.807, 2.05) is 0 Å². The number of nitrogens with one attached hydrogen (secondary N) is 2. The minimum atomic E-state index is 1.03. The summed E-state index contributed by atoms with van der Waals surface area (Å²) in [5, 5.41) is 3.14. The van der Waals surface area contributed by atoms with Gasteiger partial charge in [0.1, 0.15) is 5.82 Å². The van der Waals surface area contributed by atoms with E-state index in [1.54, 1.807) is 6.33 Å². The first-order chi connectivity index (χ1) is 3.97. The van der Waals surface area contributed by atoms with E-state index in [1.165, 1.54) is 5.69 Å². The van der Waals surface area contributed by atoms with Gasteiger partial charge in [0.05, 0.1) is 12.0 Å². The summed E-state index contributed by atoms with van der Waals surface area (Å²) in [5.74, 6) is 1.03. The largest absolute Gasteiger partial charge is 0.368 e. The lowest BCUT2D eigenvalue weighted by molar-refractivity contribution is 1.04. The van der Waals surface area contributed by atoms with Crippen LogP contribution in [0, 0.1) is 0 Å². The fourth-order valence-electron chi connectivity index (χ4n) is 0.970. The van der Waals surface area contributed by atoms with Gasteiger partial charge in [-0.2, -0.15) is 0 Å². The molecule has 2 rings (SSSR count). The molecular weight excluding hydrogens is 102 g/mol. The molecule has 0 spiro atoms. The zero-order valence-corrected chi connectivity index (χ0v) is 4.44. The first kappa shape index (κ1) is 3.95. The second-order valence-corrected chi connectivity index (χ2v) is 1.91. The molecule has 3 heteroatoms. The first-order valence-corrected chi connectivity index (χ1v) is 2.73. The topological polar surface area (TPSA) is 40.7 Å². The van der Waals surface area contributed by atoms with E-state index < -0.39 is 0 Å². The fourth-order valence-corrected chi connectivity index (χ4v) is 0.970. The smallest absolute Gasteiger partial charge is 0.147 e. The molecule has 0 radical (unpaired) electrons. The Labute approximate surface area is 47.1 Å². The van der Waals surface area contributed by atoms with Crippen LogP contribution in [0.4, 0.5) is 5.82 Å². The van der Waals surface area contributed by atoms with Crippen molar-refractivity contribution in [2.24, 2.45) is 0 Å². The van der Waals surface area contributed by atoms with Crippen LogP contribution < -0.4 is 5.32 Å². The highest BCUT2D eigenvalue weighted by Crippen LogP contribution is 2.14. The molecule has 1 aromatic heterocycles. The van der Waals surface area contributed by atoms with Crippen molar-refractivity contribution in [2.45, 2.75) is 6.42 Å². The minimum Gasteiger partial charge on any atom is -0.368 e. The Balaban J connectivity index is 2.54. The predicted octanol–water partition coefficient (Wildman–Crippen LogP) is 0.378. The average Bonchev–Trinajstić information content (AvgIpc) is 2.15. The molecule has 0 amide bonds. The van der Waals surface area contributed by atoms with E-state index in [0.717, 1.165) is 18.8 Å². The fraction of sp³-hybridized carbons (Fsp3) is 0.400. The lowest BCUT2D eigenvalue weighted by Crippen LogP contribution is -1.92. The number of nitrogens with zero attached hydrogens (tertiary/aromatic N) is 1. The first-order valence-electron chi connectivity index (χ1n) is 2.73. The highest BCUT2D eigenvalue weighted by molar-refractivity contribution is 5.44. The average molecular weight is 109 g/mol. The summed E-state index contributed by atoms with van der Waals surface area (Å²) in [6.07, 6.45) is 2.81. The molecule has 0 aromatic carbocycles. The SMILES string of the molecule is c1nc2c([nH]1)CCN2. The van der Waals surface area contributed by atoms with Crippen LogP contribution in [0.5, 0.6) is 0 Å². The van der Waals surface area contributed by atoms with Gasteiger partial charge in [-0.25, -0.2) is 4.98 Å². The maximum absolute atomic E-state index is 4.03. The summed E-state index contributed by atoms with van der Waals surface area (Å²) in [4.78, 5) is 7.07. The summed E-state index contributed by atoms with van der Waals surface area (Å²) in [7, 11) is 0. The van der Waals surface area contributed by atoms with Gasteiger partial charge in [-0.3, -0.25) is 0 Å². The Bertz CT molecular complexity index is 173. The number of hydrogen-bond acceptors (Lipinski definition) is 2. The molecule has 0 saturated heterocycles. The van der Waals surface area contributed by atoms with Gasteiger partial charge in [0.2, 0.25) is 0 Å². The lowest BCUT2D eigenvalue weighted by atomic mass is 10.4. The van der Waals surface area contributed by atoms with E-state index in [0.29, 0.717) is 0 Å². The van der Waals surface area contributed by atoms with Crippen molar-refractivity contribution in [3.05, 3.63) is 12.0 Å². The van der Waals surface area contributed by atoms with Crippen molar-refractivity contribution < 1.29 is 0 Å². The van der Waals surface area contributed by atoms with E-state index in [4.69, 9.17) is 0 Å². The van der Waals surface area contributed by atoms with Crippen molar-refractivity contribution >= 4 is 5.82 Å². The second-order valence-electron chi connectivity index (χ2n) is 1.91. The van der Waals surface area contributed by atoms with Crippen LogP contribution in [-0.4, -0.2) is 16.5 Å². The number of imidazole rings is 1. The number of rotatable bonds is 0. The van der Waals surface area contributed by atoms with Gasteiger partial charge in [-0.1, -0.05) is 0 Å². The number of anilines is 1. The molecule has 2 heterocycles. The van der Waals surface area contributed by atoms with Crippen LogP contribution in [0.1, 0.15) is 5.69 Å². The third-order valence-electron chi connectivity index (χ3n) is 1.39. The summed E-state index contributed by atoms with van der Waals surface area (Å²) in [6.45, 7) is 1.04. The van der Waals surface area contributed by atoms with Gasteiger partial charge in [0.15, 0.2) is 0 Å². The molecule has 0 atom stereocenters. The van der Waals surface area contributed by atoms with Crippen LogP contribution in [-0.2, 0) is 6.42 Å². The van der Waals surface area contributed by atoms with Crippen molar-refractivity contribution in [2.75, 3.05) is 11.9 Å². The van der Waals surface area contributed by atoms with E-state index in [-0.39, 0.29) is 0 Å². The van der Waals surface area contributed by atoms with Crippen molar-refractivity contribution in [3.63, 3.8) is 0 Å². The quantitative estimate of drug-likeness (QED) is 0.505. The van der Waals surface area contributed by atoms with Gasteiger partial charge >= 0.3 is 0 Å². The van der Waals surface area contributed by atoms with Crippen LogP contribution in [0.2, 0.25) is 0 Å². The van der Waals surface area contributed by atoms with Gasteiger partial charge in [-0.15, -0.1) is 0 Å². The Kier molecular flexibility index (Phi) is 0.614. The second kappa shape index (κ2) is 1.24. The molecule has 0 aliphatic carbocycles. The van der Waals surface area contributed by atoms with Crippen molar-refractivity contribution in [1.82, 2.24) is 9.97 Å². The predicted molar refractivity (Wildman–Crippen MR) is 30.8 cm³/mol. The number of aromatic nitrogens is 2. The zero-order valence-electron chi connectivity index (χ0n) is 4.44. The van der Waals surface area contributed by atoms with Crippen LogP contribution in [0.15, 0.2) is 6.33 Å². The van der Waals surface area contributed by atoms with Crippen molar-refractivity contribution in [3.8, 4) is 0 Å². The van der Waals surface area contributed by atoms with Crippen molar-refractivity contribution in [1.29, 1.82) is 0 Å². The molecule has 3 nitrogen and oxygen atoms in total. The number of aromatic amines is 1. The highest BCUT2D eigenvalue weighted by Gasteiger charge is 2.09. The Morgan fingerprint density at radius 1 is 1.62 bits per heavy atom. The third kappa shape index (κ3) is 0.358. The normalized spacial score (nSPS) is 15.5. The molecule has 0 bridgehead atoms. The summed E-state index contributed by atoms with van der Waals surface area (Å²) < 4.78 is 0. The number of fused-ring (bicyclic) bond motifs is 1. The monoisotopic (exact) mass is 109 g/mol.